The third-order valence-corrected chi connectivity index (χ3v) is 14.7. The molecule has 7 atom stereocenters. The number of nitrogens with one attached hydrogen (secondary N) is 2. The Kier molecular flexibility index (Phi) is 27.0. The van der Waals surface area contributed by atoms with E-state index in [0.29, 0.717) is 26.4 Å². The second kappa shape index (κ2) is 32.2. The van der Waals surface area contributed by atoms with E-state index in [1.54, 1.807) is 14.2 Å². The Hall–Kier alpha value is -4.22. The van der Waals surface area contributed by atoms with Crippen molar-refractivity contribution in [3.05, 3.63) is 95.6 Å². The van der Waals surface area contributed by atoms with Crippen molar-refractivity contribution in [1.82, 2.24) is 15.3 Å². The topological polar surface area (TPSA) is 171 Å². The molecule has 1 heterocycles. The molecule has 0 radical (unpaired) electrons. The summed E-state index contributed by atoms with van der Waals surface area (Å²) in [7, 11) is 1.98. The largest absolute Gasteiger partial charge is 0.497 e. The summed E-state index contributed by atoms with van der Waals surface area (Å²) >= 11 is 0. The number of nitrogens with zero attached hydrogens (tertiary/aromatic N) is 1. The lowest BCUT2D eigenvalue weighted by molar-refractivity contribution is -0.247. The van der Waals surface area contributed by atoms with Gasteiger partial charge in [0.25, 0.3) is 8.53 Å². The van der Waals surface area contributed by atoms with Crippen molar-refractivity contribution in [1.29, 1.82) is 0 Å². The molecule has 3 aromatic carbocycles. The molecule has 0 spiro atoms. The summed E-state index contributed by atoms with van der Waals surface area (Å²) in [5.41, 5.74) is 1.88. The van der Waals surface area contributed by atoms with E-state index >= 15 is 0 Å². The first-order valence-electron chi connectivity index (χ1n) is 25.6. The van der Waals surface area contributed by atoms with Gasteiger partial charge in [0.05, 0.1) is 72.6 Å². The van der Waals surface area contributed by atoms with Crippen molar-refractivity contribution in [3.8, 4) is 11.5 Å². The minimum atomic E-state index is -1.35. The zero-order valence-corrected chi connectivity index (χ0v) is 45.6. The summed E-state index contributed by atoms with van der Waals surface area (Å²) in [5, 5.41) is 5.94. The maximum atomic E-state index is 12.8. The highest BCUT2D eigenvalue weighted by atomic mass is 31.2. The number of benzene rings is 3. The summed E-state index contributed by atoms with van der Waals surface area (Å²) in [5.74, 6) is 0.688. The quantitative estimate of drug-likeness (QED) is 0.0252. The van der Waals surface area contributed by atoms with Crippen LogP contribution in [0.25, 0.3) is 0 Å². The molecule has 7 unspecified atom stereocenters. The lowest BCUT2D eigenvalue weighted by Crippen LogP contribution is -2.58. The first-order valence-corrected chi connectivity index (χ1v) is 26.7. The lowest BCUT2D eigenvalue weighted by atomic mass is 9.79. The SMILES string of the molecule is CCCOP(OCC(CCCCNC(=O)COCCOCCOC1OC(COC(C)=O)C(C)C(C)C1NC(C)=O)COC(c1ccccc1)(c1ccc(OC)cc1)c1ccc(OC)cc1)N(C(C)C)C(C)C. The Labute approximate surface area is 430 Å². The molecule has 1 fully saturated rings. The fraction of sp³-hybridized carbons (Fsp3) is 0.618. The molecule has 17 heteroatoms. The summed E-state index contributed by atoms with van der Waals surface area (Å²) in [6, 6.07) is 26.4. The highest BCUT2D eigenvalue weighted by Crippen LogP contribution is 2.47. The second-order valence-corrected chi connectivity index (χ2v) is 20.2. The van der Waals surface area contributed by atoms with E-state index in [1.807, 2.05) is 56.3 Å². The van der Waals surface area contributed by atoms with E-state index in [2.05, 4.69) is 86.3 Å². The number of carbonyl (C=O) groups is 3. The van der Waals surface area contributed by atoms with Crippen LogP contribution in [0.1, 0.15) is 105 Å². The van der Waals surface area contributed by atoms with Gasteiger partial charge in [-0.25, -0.2) is 4.67 Å². The fourth-order valence-electron chi connectivity index (χ4n) is 8.72. The smallest absolute Gasteiger partial charge is 0.302 e. The average Bonchev–Trinajstić information content (AvgIpc) is 3.36. The van der Waals surface area contributed by atoms with Crippen LogP contribution in [0.5, 0.6) is 11.5 Å². The molecule has 0 aliphatic carbocycles. The van der Waals surface area contributed by atoms with Crippen LogP contribution >= 0.6 is 8.53 Å². The Balaban J connectivity index is 1.35. The second-order valence-electron chi connectivity index (χ2n) is 18.8. The van der Waals surface area contributed by atoms with Crippen molar-refractivity contribution in [2.75, 3.05) is 80.2 Å². The molecular weight excluding hydrogens is 942 g/mol. The first kappa shape index (κ1) is 60.3. The number of esters is 1. The summed E-state index contributed by atoms with van der Waals surface area (Å²) < 4.78 is 62.7. The molecule has 2 amide bonds. The first-order chi connectivity index (χ1) is 34.6. The van der Waals surface area contributed by atoms with Crippen molar-refractivity contribution in [3.63, 3.8) is 0 Å². The van der Waals surface area contributed by atoms with Gasteiger partial charge in [0.15, 0.2) is 6.29 Å². The predicted octanol–water partition coefficient (Wildman–Crippen LogP) is 8.82. The minimum Gasteiger partial charge on any atom is -0.497 e. The van der Waals surface area contributed by atoms with Crippen molar-refractivity contribution in [2.24, 2.45) is 17.8 Å². The van der Waals surface area contributed by atoms with Gasteiger partial charge in [-0.1, -0.05) is 81.8 Å². The molecule has 1 aliphatic heterocycles. The standard InChI is InChI=1S/C55H84N3O13P/c1-12-30-69-72(58(39(2)3)40(4)5)70-36-45(35-68-55(46-19-14-13-15-20-46,47-21-25-49(62-10)26-22-47)48-23-27-50(63-11)28-24-48)18-16-17-29-56-52(61)38-65-32-31-64-33-34-66-54-53(57-43(8)59)42(7)41(6)51(71-54)37-67-44(9)60/h13-15,19-28,39-42,45,51,53-54H,12,16-18,29-38H2,1-11H3,(H,56,61)(H,57,59). The van der Waals surface area contributed by atoms with E-state index in [0.717, 1.165) is 53.9 Å². The maximum absolute atomic E-state index is 12.8. The minimum absolute atomic E-state index is 0.00350. The third-order valence-electron chi connectivity index (χ3n) is 12.7. The van der Waals surface area contributed by atoms with Crippen LogP contribution < -0.4 is 20.1 Å². The molecule has 402 valence electrons. The highest BCUT2D eigenvalue weighted by Gasteiger charge is 2.43. The summed E-state index contributed by atoms with van der Waals surface area (Å²) in [6.45, 7) is 20.4. The zero-order chi connectivity index (χ0) is 52.5. The number of methoxy groups -OCH3 is 2. The average molecular weight is 1030 g/mol. The van der Waals surface area contributed by atoms with E-state index in [1.165, 1.54) is 13.8 Å². The van der Waals surface area contributed by atoms with Gasteiger partial charge in [-0.3, -0.25) is 14.4 Å². The lowest BCUT2D eigenvalue weighted by Gasteiger charge is -2.44. The molecular formula is C55H84N3O13P. The summed E-state index contributed by atoms with van der Waals surface area (Å²) in [6.07, 6.45) is 2.09. The van der Waals surface area contributed by atoms with Crippen LogP contribution in [0.2, 0.25) is 0 Å². The van der Waals surface area contributed by atoms with Crippen LogP contribution in [-0.2, 0) is 57.5 Å². The molecule has 1 saturated heterocycles. The Bertz CT molecular complexity index is 1940. The Morgan fingerprint density at radius 2 is 1.33 bits per heavy atom. The number of rotatable bonds is 34. The van der Waals surface area contributed by atoms with Gasteiger partial charge in [-0.15, -0.1) is 0 Å². The monoisotopic (exact) mass is 1030 g/mol. The predicted molar refractivity (Wildman–Crippen MR) is 279 cm³/mol. The van der Waals surface area contributed by atoms with E-state index in [-0.39, 0.29) is 99.4 Å². The third kappa shape index (κ3) is 18.9. The fourth-order valence-corrected chi connectivity index (χ4v) is 10.5. The van der Waals surface area contributed by atoms with Crippen LogP contribution in [-0.4, -0.2) is 133 Å². The number of amides is 2. The van der Waals surface area contributed by atoms with Gasteiger partial charge < -0.3 is 57.6 Å². The van der Waals surface area contributed by atoms with E-state index < -0.39 is 20.4 Å². The molecule has 0 aromatic heterocycles. The molecule has 0 bridgehead atoms. The van der Waals surface area contributed by atoms with Crippen LogP contribution in [0, 0.1) is 17.8 Å². The van der Waals surface area contributed by atoms with Gasteiger partial charge in [0, 0.05) is 38.4 Å². The maximum Gasteiger partial charge on any atom is 0.302 e. The van der Waals surface area contributed by atoms with Gasteiger partial charge in [-0.05, 0) is 99.7 Å². The van der Waals surface area contributed by atoms with Crippen molar-refractivity contribution < 1.29 is 61.3 Å². The van der Waals surface area contributed by atoms with Gasteiger partial charge >= 0.3 is 5.97 Å². The normalized spacial score (nSPS) is 19.0. The number of unbranched alkanes of at least 4 members (excludes halogenated alkanes) is 1. The van der Waals surface area contributed by atoms with Gasteiger partial charge in [-0.2, -0.15) is 0 Å². The molecule has 0 saturated carbocycles. The molecule has 3 aromatic rings. The van der Waals surface area contributed by atoms with Gasteiger partial charge in [0.2, 0.25) is 11.8 Å². The van der Waals surface area contributed by atoms with Crippen molar-refractivity contribution in [2.45, 2.75) is 124 Å². The van der Waals surface area contributed by atoms with Crippen LogP contribution in [0.15, 0.2) is 78.9 Å². The molecule has 2 N–H and O–H groups in total. The number of hydrogen-bond acceptors (Lipinski definition) is 14. The molecule has 72 heavy (non-hydrogen) atoms. The van der Waals surface area contributed by atoms with Crippen LogP contribution in [0.4, 0.5) is 0 Å². The number of ether oxygens (including phenoxy) is 8. The molecule has 1 aliphatic rings. The Morgan fingerprint density at radius 1 is 0.736 bits per heavy atom. The summed E-state index contributed by atoms with van der Waals surface area (Å²) in [4.78, 5) is 36.2. The van der Waals surface area contributed by atoms with Crippen LogP contribution in [0.3, 0.4) is 0 Å². The van der Waals surface area contributed by atoms with E-state index in [4.69, 9.17) is 46.9 Å². The molecule has 4 rings (SSSR count). The zero-order valence-electron chi connectivity index (χ0n) is 44.7. The van der Waals surface area contributed by atoms with Crippen molar-refractivity contribution >= 4 is 26.3 Å². The Morgan fingerprint density at radius 3 is 1.90 bits per heavy atom. The number of carbonyl (C=O) groups excluding carboxylic acids is 3. The van der Waals surface area contributed by atoms with Gasteiger partial charge in [0.1, 0.15) is 30.3 Å². The molecule has 16 nitrogen and oxygen atoms in total. The highest BCUT2D eigenvalue weighted by molar-refractivity contribution is 7.44. The van der Waals surface area contributed by atoms with E-state index in [9.17, 15) is 14.4 Å². The number of hydrogen-bond donors (Lipinski definition) is 2.